The Balaban J connectivity index is 2.34. The number of aliphatic imine (C=N–C) groups is 1. The van der Waals surface area contributed by atoms with Gasteiger partial charge in [-0.2, -0.15) is 4.99 Å². The van der Waals surface area contributed by atoms with E-state index in [1.165, 1.54) is 0 Å². The van der Waals surface area contributed by atoms with Crippen molar-refractivity contribution in [2.75, 3.05) is 13.6 Å². The van der Waals surface area contributed by atoms with Crippen LogP contribution < -0.4 is 5.32 Å². The predicted molar refractivity (Wildman–Crippen MR) is 61.9 cm³/mol. The third-order valence-electron chi connectivity index (χ3n) is 2.35. The lowest BCUT2D eigenvalue weighted by Crippen LogP contribution is -2.23. The van der Waals surface area contributed by atoms with Crippen molar-refractivity contribution < 1.29 is 4.79 Å². The van der Waals surface area contributed by atoms with Crippen LogP contribution >= 0.6 is 0 Å². The molecule has 1 saturated heterocycles. The molecule has 0 bridgehead atoms. The first-order valence-electron chi connectivity index (χ1n) is 5.48. The van der Waals surface area contributed by atoms with Gasteiger partial charge in [-0.1, -0.05) is 19.4 Å². The van der Waals surface area contributed by atoms with E-state index < -0.39 is 0 Å². The maximum Gasteiger partial charge on any atom is 0.346 e. The fraction of sp³-hybridized carbons (Fsp3) is 0.636. The Hall–Kier alpha value is -1.32. The highest BCUT2D eigenvalue weighted by atomic mass is 16.2. The number of nitrogens with zero attached hydrogens (tertiary/aromatic N) is 2. The van der Waals surface area contributed by atoms with Crippen LogP contribution in [-0.2, 0) is 0 Å². The number of allylic oxidation sites excluding steroid dienone is 1. The second-order valence-electron chi connectivity index (χ2n) is 3.69. The zero-order valence-corrected chi connectivity index (χ0v) is 9.49. The first kappa shape index (κ1) is 11.8. The molecular weight excluding hydrogens is 190 g/mol. The summed E-state index contributed by atoms with van der Waals surface area (Å²) in [5, 5.41) is 2.63. The number of amidine groups is 1. The van der Waals surface area contributed by atoms with E-state index in [-0.39, 0.29) is 6.03 Å². The summed E-state index contributed by atoms with van der Waals surface area (Å²) in [4.78, 5) is 17.4. The van der Waals surface area contributed by atoms with Crippen molar-refractivity contribution in [2.24, 2.45) is 4.99 Å². The summed E-state index contributed by atoms with van der Waals surface area (Å²) in [6.45, 7) is 3.09. The van der Waals surface area contributed by atoms with Gasteiger partial charge in [-0.05, 0) is 12.8 Å². The SMILES string of the molecule is CCCC=CNC(=O)N=C1CCCN1C. The first-order valence-corrected chi connectivity index (χ1v) is 5.48. The second kappa shape index (κ2) is 6.22. The molecule has 1 fully saturated rings. The van der Waals surface area contributed by atoms with Crippen LogP contribution in [0.15, 0.2) is 17.3 Å². The van der Waals surface area contributed by atoms with Crippen molar-refractivity contribution in [3.63, 3.8) is 0 Å². The third-order valence-corrected chi connectivity index (χ3v) is 2.35. The fourth-order valence-electron chi connectivity index (χ4n) is 1.47. The van der Waals surface area contributed by atoms with Gasteiger partial charge in [0.25, 0.3) is 0 Å². The molecule has 0 aromatic heterocycles. The van der Waals surface area contributed by atoms with E-state index in [1.807, 2.05) is 18.0 Å². The average Bonchev–Trinajstić information content (AvgIpc) is 2.59. The lowest BCUT2D eigenvalue weighted by molar-refractivity contribution is 0.252. The molecule has 2 amide bonds. The summed E-state index contributed by atoms with van der Waals surface area (Å²) in [6.07, 6.45) is 7.68. The number of amides is 2. The molecule has 15 heavy (non-hydrogen) atoms. The van der Waals surface area contributed by atoms with Crippen LogP contribution in [0.3, 0.4) is 0 Å². The molecule has 84 valence electrons. The topological polar surface area (TPSA) is 44.7 Å². The first-order chi connectivity index (χ1) is 7.24. The minimum atomic E-state index is -0.272. The van der Waals surface area contributed by atoms with E-state index in [0.717, 1.165) is 38.1 Å². The van der Waals surface area contributed by atoms with Crippen molar-refractivity contribution in [1.29, 1.82) is 0 Å². The molecule has 1 N–H and O–H groups in total. The Labute approximate surface area is 91.1 Å². The van der Waals surface area contributed by atoms with Gasteiger partial charge in [0.15, 0.2) is 0 Å². The normalized spacial score (nSPS) is 19.1. The number of hydrogen-bond donors (Lipinski definition) is 1. The van der Waals surface area contributed by atoms with E-state index in [4.69, 9.17) is 0 Å². The Morgan fingerprint density at radius 1 is 1.67 bits per heavy atom. The molecular formula is C11H19N3O. The highest BCUT2D eigenvalue weighted by molar-refractivity contribution is 5.94. The van der Waals surface area contributed by atoms with E-state index in [0.29, 0.717) is 0 Å². The van der Waals surface area contributed by atoms with Crippen LogP contribution in [0.25, 0.3) is 0 Å². The lowest BCUT2D eigenvalue weighted by atomic mass is 10.3. The number of urea groups is 1. The van der Waals surface area contributed by atoms with Gasteiger partial charge in [0, 0.05) is 26.2 Å². The van der Waals surface area contributed by atoms with Gasteiger partial charge in [0.2, 0.25) is 0 Å². The Morgan fingerprint density at radius 2 is 2.47 bits per heavy atom. The third kappa shape index (κ3) is 4.14. The van der Waals surface area contributed by atoms with Crippen LogP contribution in [0.5, 0.6) is 0 Å². The Morgan fingerprint density at radius 3 is 3.07 bits per heavy atom. The van der Waals surface area contributed by atoms with Crippen molar-refractivity contribution in [2.45, 2.75) is 32.6 Å². The van der Waals surface area contributed by atoms with Crippen LogP contribution in [0, 0.1) is 0 Å². The monoisotopic (exact) mass is 209 g/mol. The van der Waals surface area contributed by atoms with Crippen LogP contribution in [0.1, 0.15) is 32.6 Å². The van der Waals surface area contributed by atoms with Crippen LogP contribution in [-0.4, -0.2) is 30.4 Å². The minimum absolute atomic E-state index is 0.272. The van der Waals surface area contributed by atoms with Gasteiger partial charge < -0.3 is 10.2 Å². The number of nitrogens with one attached hydrogen (secondary N) is 1. The van der Waals surface area contributed by atoms with Gasteiger partial charge in [0.05, 0.1) is 0 Å². The number of carbonyl (C=O) groups is 1. The van der Waals surface area contributed by atoms with Gasteiger partial charge >= 0.3 is 6.03 Å². The van der Waals surface area contributed by atoms with E-state index in [9.17, 15) is 4.79 Å². The van der Waals surface area contributed by atoms with Crippen LogP contribution in [0.2, 0.25) is 0 Å². The molecule has 0 saturated carbocycles. The second-order valence-corrected chi connectivity index (χ2v) is 3.69. The number of rotatable bonds is 3. The maximum absolute atomic E-state index is 11.3. The highest BCUT2D eigenvalue weighted by Gasteiger charge is 2.14. The smallest absolute Gasteiger partial charge is 0.346 e. The predicted octanol–water partition coefficient (Wildman–Crippen LogP) is 2.13. The summed E-state index contributed by atoms with van der Waals surface area (Å²) >= 11 is 0. The van der Waals surface area contributed by atoms with Gasteiger partial charge in [-0.25, -0.2) is 4.79 Å². The molecule has 0 spiro atoms. The number of unbranched alkanes of at least 4 members (excludes halogenated alkanes) is 1. The number of carbonyl (C=O) groups excluding carboxylic acids is 1. The van der Waals surface area contributed by atoms with Crippen LogP contribution in [0.4, 0.5) is 4.79 Å². The summed E-state index contributed by atoms with van der Waals surface area (Å²) < 4.78 is 0. The van der Waals surface area contributed by atoms with E-state index in [1.54, 1.807) is 6.20 Å². The average molecular weight is 209 g/mol. The number of hydrogen-bond acceptors (Lipinski definition) is 1. The van der Waals surface area contributed by atoms with Crippen molar-refractivity contribution in [1.82, 2.24) is 10.2 Å². The highest BCUT2D eigenvalue weighted by Crippen LogP contribution is 2.08. The van der Waals surface area contributed by atoms with Crippen molar-refractivity contribution in [3.8, 4) is 0 Å². The fourth-order valence-corrected chi connectivity index (χ4v) is 1.47. The maximum atomic E-state index is 11.3. The molecule has 1 rings (SSSR count). The van der Waals surface area contributed by atoms with Gasteiger partial charge in [-0.15, -0.1) is 0 Å². The molecule has 1 aliphatic heterocycles. The molecule has 1 heterocycles. The van der Waals surface area contributed by atoms with Crippen molar-refractivity contribution >= 4 is 11.9 Å². The summed E-state index contributed by atoms with van der Waals surface area (Å²) in [5.74, 6) is 0.886. The zero-order valence-electron chi connectivity index (χ0n) is 9.49. The summed E-state index contributed by atoms with van der Waals surface area (Å²) in [6, 6.07) is -0.272. The largest absolute Gasteiger partial charge is 0.363 e. The molecule has 0 aromatic carbocycles. The minimum Gasteiger partial charge on any atom is -0.363 e. The van der Waals surface area contributed by atoms with Crippen molar-refractivity contribution in [3.05, 3.63) is 12.3 Å². The quantitative estimate of drug-likeness (QED) is 0.774. The molecule has 1 aliphatic rings. The molecule has 4 heteroatoms. The molecule has 0 radical (unpaired) electrons. The van der Waals surface area contributed by atoms with Gasteiger partial charge in [-0.3, -0.25) is 0 Å². The molecule has 0 aliphatic carbocycles. The van der Waals surface area contributed by atoms with E-state index >= 15 is 0 Å². The van der Waals surface area contributed by atoms with Gasteiger partial charge in [0.1, 0.15) is 5.84 Å². The van der Waals surface area contributed by atoms with E-state index in [2.05, 4.69) is 17.2 Å². The molecule has 4 nitrogen and oxygen atoms in total. The standard InChI is InChI=1S/C11H19N3O/c1-3-4-5-8-12-11(15)13-10-7-6-9-14(10)2/h5,8H,3-4,6-7,9H2,1-2H3,(H,12,15). The zero-order chi connectivity index (χ0) is 11.1. The molecule has 0 atom stereocenters. The number of likely N-dealkylation sites (tertiary alicyclic amines) is 1. The Bertz CT molecular complexity index is 271. The summed E-state index contributed by atoms with van der Waals surface area (Å²) in [5.41, 5.74) is 0. The molecule has 0 aromatic rings. The summed E-state index contributed by atoms with van der Waals surface area (Å²) in [7, 11) is 1.96. The Kier molecular flexibility index (Phi) is 4.87. The lowest BCUT2D eigenvalue weighted by Gasteiger charge is -2.09. The molecule has 0 unspecified atom stereocenters.